The summed E-state index contributed by atoms with van der Waals surface area (Å²) in [7, 11) is 3.15. The van der Waals surface area contributed by atoms with E-state index in [1.807, 2.05) is 53.1 Å². The molecule has 2 aromatic carbocycles. The lowest BCUT2D eigenvalue weighted by molar-refractivity contribution is 0.714. The smallest absolute Gasteiger partial charge is 0.330 e. The Morgan fingerprint density at radius 2 is 1.70 bits per heavy atom. The third-order valence-electron chi connectivity index (χ3n) is 4.73. The molecule has 27 heavy (non-hydrogen) atoms. The average molecular weight is 425 g/mol. The monoisotopic (exact) mass is 424 g/mol. The lowest BCUT2D eigenvalue weighted by atomic mass is 10.1. The van der Waals surface area contributed by atoms with Crippen LogP contribution in [-0.2, 0) is 14.1 Å². The fourth-order valence-corrected chi connectivity index (χ4v) is 3.76. The first-order chi connectivity index (χ1) is 12.9. The second-order valence-electron chi connectivity index (χ2n) is 6.38. The Morgan fingerprint density at radius 3 is 2.41 bits per heavy atom. The Kier molecular flexibility index (Phi) is 4.04. The zero-order chi connectivity index (χ0) is 19.3. The van der Waals surface area contributed by atoms with Gasteiger partial charge in [-0.2, -0.15) is 0 Å². The van der Waals surface area contributed by atoms with Gasteiger partial charge in [0.1, 0.15) is 0 Å². The zero-order valence-electron chi connectivity index (χ0n) is 14.8. The predicted molar refractivity (Wildman–Crippen MR) is 111 cm³/mol. The summed E-state index contributed by atoms with van der Waals surface area (Å²) in [5, 5.41) is 0.473. The van der Waals surface area contributed by atoms with Gasteiger partial charge < -0.3 is 10.3 Å². The van der Waals surface area contributed by atoms with Crippen molar-refractivity contribution in [1.29, 1.82) is 0 Å². The van der Waals surface area contributed by atoms with Crippen LogP contribution in [0.5, 0.6) is 0 Å². The summed E-state index contributed by atoms with van der Waals surface area (Å²) < 4.78 is 5.38. The molecule has 2 N–H and O–H groups in total. The van der Waals surface area contributed by atoms with Crippen LogP contribution in [0.1, 0.15) is 0 Å². The van der Waals surface area contributed by atoms with Crippen LogP contribution in [0.3, 0.4) is 0 Å². The van der Waals surface area contributed by atoms with Gasteiger partial charge in [0.05, 0.1) is 28.0 Å². The molecule has 0 bridgehead atoms. The number of fused-ring (bicyclic) bond motifs is 1. The van der Waals surface area contributed by atoms with Gasteiger partial charge in [0.25, 0.3) is 5.56 Å². The number of nitrogens with zero attached hydrogens (tertiary/aromatic N) is 3. The number of benzene rings is 2. The lowest BCUT2D eigenvalue weighted by Crippen LogP contribution is -2.36. The van der Waals surface area contributed by atoms with Crippen LogP contribution >= 0.6 is 15.9 Å². The van der Waals surface area contributed by atoms with Gasteiger partial charge in [0.15, 0.2) is 0 Å². The van der Waals surface area contributed by atoms with E-state index in [1.165, 1.54) is 11.6 Å². The molecular weight excluding hydrogens is 408 g/mol. The van der Waals surface area contributed by atoms with Crippen LogP contribution in [0.15, 0.2) is 68.8 Å². The van der Waals surface area contributed by atoms with Gasteiger partial charge in [-0.15, -0.1) is 0 Å². The van der Waals surface area contributed by atoms with Crippen molar-refractivity contribution in [3.63, 3.8) is 0 Å². The number of rotatable bonds is 2. The number of anilines is 1. The zero-order valence-corrected chi connectivity index (χ0v) is 16.4. The number of nitrogen functional groups attached to an aromatic ring is 1. The molecule has 4 aromatic rings. The summed E-state index contributed by atoms with van der Waals surface area (Å²) in [5.41, 5.74) is 8.92. The molecule has 0 atom stereocenters. The molecule has 2 aromatic heterocycles. The molecule has 0 unspecified atom stereocenters. The van der Waals surface area contributed by atoms with Gasteiger partial charge in [-0.3, -0.25) is 13.9 Å². The van der Waals surface area contributed by atoms with Crippen LogP contribution in [0.25, 0.3) is 27.8 Å². The first kappa shape index (κ1) is 17.4. The van der Waals surface area contributed by atoms with Gasteiger partial charge in [0, 0.05) is 30.3 Å². The molecular formula is C20H17BrN4O2. The molecule has 6 nitrogen and oxygen atoms in total. The van der Waals surface area contributed by atoms with Gasteiger partial charge >= 0.3 is 5.69 Å². The molecule has 0 saturated carbocycles. The summed E-state index contributed by atoms with van der Waals surface area (Å²) in [4.78, 5) is 25.4. The van der Waals surface area contributed by atoms with Crippen molar-refractivity contribution >= 4 is 32.5 Å². The highest BCUT2D eigenvalue weighted by atomic mass is 79.9. The van der Waals surface area contributed by atoms with E-state index in [-0.39, 0.29) is 11.2 Å². The number of para-hydroxylation sites is 2. The van der Waals surface area contributed by atoms with Gasteiger partial charge in [0.2, 0.25) is 0 Å². The minimum absolute atomic E-state index is 0.337. The summed E-state index contributed by atoms with van der Waals surface area (Å²) in [6, 6.07) is 15.1. The van der Waals surface area contributed by atoms with Crippen molar-refractivity contribution in [3.05, 3.63) is 80.0 Å². The third kappa shape index (κ3) is 2.62. The molecule has 136 valence electrons. The molecule has 0 spiro atoms. The van der Waals surface area contributed by atoms with Crippen molar-refractivity contribution in [2.24, 2.45) is 14.1 Å². The van der Waals surface area contributed by atoms with Crippen LogP contribution in [0.2, 0.25) is 0 Å². The Labute approximate surface area is 163 Å². The number of nitrogens with two attached hydrogens (primary N) is 1. The van der Waals surface area contributed by atoms with Crippen LogP contribution < -0.4 is 17.0 Å². The maximum absolute atomic E-state index is 13.0. The van der Waals surface area contributed by atoms with Crippen molar-refractivity contribution in [3.8, 4) is 16.9 Å². The number of aromatic nitrogens is 3. The first-order valence-electron chi connectivity index (χ1n) is 8.32. The SMILES string of the molecule is Cn1c(=O)c2c(-c3cccc(Br)c3)n(-c3ccccc3N)cc2n(C)c1=O. The highest BCUT2D eigenvalue weighted by Crippen LogP contribution is 2.33. The molecule has 2 heterocycles. The number of aryl methyl sites for hydroxylation is 1. The summed E-state index contributed by atoms with van der Waals surface area (Å²) >= 11 is 3.49. The number of hydrogen-bond acceptors (Lipinski definition) is 3. The first-order valence-corrected chi connectivity index (χ1v) is 9.11. The topological polar surface area (TPSA) is 75.0 Å². The minimum atomic E-state index is -0.369. The predicted octanol–water partition coefficient (Wildman–Crippen LogP) is 3.04. The Balaban J connectivity index is 2.25. The van der Waals surface area contributed by atoms with Crippen molar-refractivity contribution in [2.45, 2.75) is 0 Å². The van der Waals surface area contributed by atoms with Gasteiger partial charge in [-0.25, -0.2) is 4.79 Å². The maximum atomic E-state index is 13.0. The van der Waals surface area contributed by atoms with E-state index in [1.54, 1.807) is 13.2 Å². The molecule has 0 saturated heterocycles. The second-order valence-corrected chi connectivity index (χ2v) is 7.30. The molecule has 0 amide bonds. The van der Waals surface area contributed by atoms with Gasteiger partial charge in [-0.1, -0.05) is 40.2 Å². The average Bonchev–Trinajstić information content (AvgIpc) is 3.05. The Morgan fingerprint density at radius 1 is 0.963 bits per heavy atom. The maximum Gasteiger partial charge on any atom is 0.330 e. The van der Waals surface area contributed by atoms with E-state index in [2.05, 4.69) is 15.9 Å². The number of hydrogen-bond donors (Lipinski definition) is 1. The number of halogens is 1. The van der Waals surface area contributed by atoms with E-state index >= 15 is 0 Å². The second kappa shape index (κ2) is 6.28. The fraction of sp³-hybridized carbons (Fsp3) is 0.100. The quantitative estimate of drug-likeness (QED) is 0.502. The Bertz CT molecular complexity index is 1310. The Hall–Kier alpha value is -3.06. The van der Waals surface area contributed by atoms with E-state index < -0.39 is 0 Å². The van der Waals surface area contributed by atoms with E-state index in [0.29, 0.717) is 22.3 Å². The molecule has 0 aliphatic carbocycles. The summed E-state index contributed by atoms with van der Waals surface area (Å²) in [6.07, 6.45) is 1.79. The largest absolute Gasteiger partial charge is 0.397 e. The molecule has 4 rings (SSSR count). The van der Waals surface area contributed by atoms with E-state index in [4.69, 9.17) is 5.73 Å². The van der Waals surface area contributed by atoms with E-state index in [9.17, 15) is 9.59 Å². The van der Waals surface area contributed by atoms with Crippen molar-refractivity contribution < 1.29 is 0 Å². The summed E-state index contributed by atoms with van der Waals surface area (Å²) in [6.45, 7) is 0. The van der Waals surface area contributed by atoms with Crippen molar-refractivity contribution in [1.82, 2.24) is 13.7 Å². The molecule has 0 radical (unpaired) electrons. The van der Waals surface area contributed by atoms with Crippen molar-refractivity contribution in [2.75, 3.05) is 5.73 Å². The molecule has 0 aliphatic heterocycles. The third-order valence-corrected chi connectivity index (χ3v) is 5.23. The molecule has 7 heteroatoms. The standard InChI is InChI=1S/C20H17BrN4O2/c1-23-16-11-25(15-9-4-3-8-14(15)22)18(12-6-5-7-13(21)10-12)17(16)19(26)24(2)20(23)27/h3-11H,22H2,1-2H3. The van der Waals surface area contributed by atoms with E-state index in [0.717, 1.165) is 20.3 Å². The molecule has 0 aliphatic rings. The van der Waals surface area contributed by atoms with Gasteiger partial charge in [-0.05, 0) is 24.3 Å². The van der Waals surface area contributed by atoms with Crippen LogP contribution in [0.4, 0.5) is 5.69 Å². The molecule has 0 fully saturated rings. The summed E-state index contributed by atoms with van der Waals surface area (Å²) in [5.74, 6) is 0. The van der Waals surface area contributed by atoms with Crippen LogP contribution in [0, 0.1) is 0 Å². The normalized spacial score (nSPS) is 11.2. The van der Waals surface area contributed by atoms with Crippen LogP contribution in [-0.4, -0.2) is 13.7 Å². The minimum Gasteiger partial charge on any atom is -0.397 e. The lowest BCUT2D eigenvalue weighted by Gasteiger charge is -2.12. The highest BCUT2D eigenvalue weighted by molar-refractivity contribution is 9.10. The fourth-order valence-electron chi connectivity index (χ4n) is 3.36. The highest BCUT2D eigenvalue weighted by Gasteiger charge is 2.21.